The van der Waals surface area contributed by atoms with Crippen LogP contribution in [0.2, 0.25) is 0 Å². The molecule has 0 saturated carbocycles. The molecule has 0 amide bonds. The topological polar surface area (TPSA) is 51.8 Å². The van der Waals surface area contributed by atoms with E-state index in [2.05, 4.69) is 15.0 Å². The van der Waals surface area contributed by atoms with Crippen molar-refractivity contribution in [1.29, 1.82) is 0 Å². The monoisotopic (exact) mass is 193 g/mol. The quantitative estimate of drug-likeness (QED) is 0.549. The fraction of sp³-hybridized carbons (Fsp3) is 0.125. The Bertz CT molecular complexity index is 349. The van der Waals surface area contributed by atoms with Gasteiger partial charge in [-0.15, -0.1) is 0 Å². The van der Waals surface area contributed by atoms with Crippen molar-refractivity contribution in [2.75, 3.05) is 0 Å². The van der Waals surface area contributed by atoms with Gasteiger partial charge in [-0.2, -0.15) is 0 Å². The van der Waals surface area contributed by atoms with E-state index in [9.17, 15) is 0 Å². The number of rotatable bonds is 3. The number of nitrogens with zero attached hydrogens (tertiary/aromatic N) is 3. The summed E-state index contributed by atoms with van der Waals surface area (Å²) in [6, 6.07) is 1.79. The summed E-state index contributed by atoms with van der Waals surface area (Å²) in [5, 5.41) is 0.755. The van der Waals surface area contributed by atoms with E-state index in [0.717, 1.165) is 16.6 Å². The van der Waals surface area contributed by atoms with Gasteiger partial charge in [0.25, 0.3) is 0 Å². The van der Waals surface area contributed by atoms with Gasteiger partial charge < -0.3 is 4.42 Å². The van der Waals surface area contributed by atoms with Crippen LogP contribution < -0.4 is 0 Å². The molecule has 13 heavy (non-hydrogen) atoms. The summed E-state index contributed by atoms with van der Waals surface area (Å²) < 4.78 is 4.84. The van der Waals surface area contributed by atoms with Crippen molar-refractivity contribution in [3.05, 3.63) is 36.8 Å². The minimum atomic E-state index is 0.737. The smallest absolute Gasteiger partial charge is 0.187 e. The van der Waals surface area contributed by atoms with Gasteiger partial charge in [0.1, 0.15) is 6.26 Å². The van der Waals surface area contributed by atoms with Crippen molar-refractivity contribution in [3.8, 4) is 0 Å². The molecule has 2 heterocycles. The van der Waals surface area contributed by atoms with Crippen LogP contribution in [0, 0.1) is 0 Å². The second-order valence-corrected chi connectivity index (χ2v) is 3.24. The summed E-state index contributed by atoms with van der Waals surface area (Å²) >= 11 is 1.53. The molecule has 0 bridgehead atoms. The molecule has 0 aliphatic heterocycles. The summed E-state index contributed by atoms with van der Waals surface area (Å²) in [6.45, 7) is 0. The van der Waals surface area contributed by atoms with Crippen molar-refractivity contribution in [2.24, 2.45) is 0 Å². The maximum Gasteiger partial charge on any atom is 0.187 e. The molecule has 0 saturated heterocycles. The van der Waals surface area contributed by atoms with E-state index < -0.39 is 0 Å². The fourth-order valence-electron chi connectivity index (χ4n) is 0.807. The number of hydrogen-bond acceptors (Lipinski definition) is 5. The Kier molecular flexibility index (Phi) is 2.56. The van der Waals surface area contributed by atoms with Gasteiger partial charge in [-0.1, -0.05) is 11.8 Å². The predicted molar refractivity (Wildman–Crippen MR) is 48.1 cm³/mol. The second-order valence-electron chi connectivity index (χ2n) is 2.30. The minimum Gasteiger partial charge on any atom is -0.451 e. The Morgan fingerprint density at radius 3 is 2.77 bits per heavy atom. The highest BCUT2D eigenvalue weighted by Gasteiger charge is 1.99. The zero-order valence-corrected chi connectivity index (χ0v) is 7.57. The highest BCUT2D eigenvalue weighted by molar-refractivity contribution is 7.98. The van der Waals surface area contributed by atoms with Crippen molar-refractivity contribution < 1.29 is 4.42 Å². The number of aromatic nitrogens is 3. The molecule has 4 nitrogen and oxygen atoms in total. The molecule has 0 aliphatic rings. The molecule has 0 aromatic carbocycles. The third-order valence-corrected chi connectivity index (χ3v) is 2.28. The van der Waals surface area contributed by atoms with Crippen LogP contribution in [0.15, 0.2) is 40.7 Å². The number of hydrogen-bond donors (Lipinski definition) is 0. The summed E-state index contributed by atoms with van der Waals surface area (Å²) in [7, 11) is 0. The molecular formula is C8H7N3OS. The summed E-state index contributed by atoms with van der Waals surface area (Å²) in [6.07, 6.45) is 6.48. The third kappa shape index (κ3) is 2.29. The second kappa shape index (κ2) is 4.04. The van der Waals surface area contributed by atoms with Crippen molar-refractivity contribution >= 4 is 11.8 Å². The van der Waals surface area contributed by atoms with Crippen molar-refractivity contribution in [2.45, 2.75) is 10.9 Å². The molecule has 0 aliphatic carbocycles. The summed E-state index contributed by atoms with van der Waals surface area (Å²) in [5.74, 6) is 0.737. The first-order valence-corrected chi connectivity index (χ1v) is 4.70. The molecular weight excluding hydrogens is 186 g/mol. The molecule has 2 rings (SSSR count). The molecule has 0 unspecified atom stereocenters. The number of oxazole rings is 1. The Morgan fingerprint density at radius 2 is 2.08 bits per heavy atom. The minimum absolute atomic E-state index is 0.737. The predicted octanol–water partition coefficient (Wildman–Crippen LogP) is 1.76. The van der Waals surface area contributed by atoms with Crippen molar-refractivity contribution in [3.63, 3.8) is 0 Å². The summed E-state index contributed by atoms with van der Waals surface area (Å²) in [4.78, 5) is 12.1. The highest BCUT2D eigenvalue weighted by atomic mass is 32.2. The van der Waals surface area contributed by atoms with Crippen molar-refractivity contribution in [1.82, 2.24) is 15.0 Å². The molecule has 0 N–H and O–H groups in total. The normalized spacial score (nSPS) is 10.2. The molecule has 0 fully saturated rings. The van der Waals surface area contributed by atoms with Crippen LogP contribution in [0.25, 0.3) is 0 Å². The van der Waals surface area contributed by atoms with Gasteiger partial charge in [-0.3, -0.25) is 0 Å². The molecule has 5 heteroatoms. The van der Waals surface area contributed by atoms with Gasteiger partial charge in [0.15, 0.2) is 11.6 Å². The van der Waals surface area contributed by atoms with Crippen LogP contribution in [0.4, 0.5) is 0 Å². The van der Waals surface area contributed by atoms with E-state index in [0.29, 0.717) is 0 Å². The SMILES string of the molecule is c1cnc(SCc2cocn2)nc1. The lowest BCUT2D eigenvalue weighted by atomic mass is 10.6. The highest BCUT2D eigenvalue weighted by Crippen LogP contribution is 2.16. The standard InChI is InChI=1S/C8H7N3OS/c1-2-9-8(10-3-1)13-5-7-4-12-6-11-7/h1-4,6H,5H2. The first-order valence-electron chi connectivity index (χ1n) is 3.72. The fourth-order valence-corrected chi connectivity index (χ4v) is 1.50. The lowest BCUT2D eigenvalue weighted by Crippen LogP contribution is -1.85. The Morgan fingerprint density at radius 1 is 1.23 bits per heavy atom. The van der Waals surface area contributed by atoms with Crippen LogP contribution in [0.5, 0.6) is 0 Å². The van der Waals surface area contributed by atoms with Crippen LogP contribution in [0.3, 0.4) is 0 Å². The maximum atomic E-state index is 4.84. The lowest BCUT2D eigenvalue weighted by molar-refractivity contribution is 0.557. The van der Waals surface area contributed by atoms with Gasteiger partial charge in [0, 0.05) is 18.1 Å². The van der Waals surface area contributed by atoms with Crippen LogP contribution in [0.1, 0.15) is 5.69 Å². The molecule has 66 valence electrons. The first kappa shape index (κ1) is 8.25. The van der Waals surface area contributed by atoms with Gasteiger partial charge in [-0.05, 0) is 6.07 Å². The summed E-state index contributed by atoms with van der Waals surface area (Å²) in [5.41, 5.74) is 0.900. The Hall–Kier alpha value is -1.36. The molecule has 2 aromatic heterocycles. The van der Waals surface area contributed by atoms with Crippen LogP contribution in [-0.4, -0.2) is 15.0 Å². The van der Waals surface area contributed by atoms with Gasteiger partial charge >= 0.3 is 0 Å². The van der Waals surface area contributed by atoms with Gasteiger partial charge in [-0.25, -0.2) is 15.0 Å². The van der Waals surface area contributed by atoms with E-state index in [1.54, 1.807) is 24.7 Å². The Labute approximate surface area is 79.4 Å². The average molecular weight is 193 g/mol. The molecule has 0 spiro atoms. The largest absolute Gasteiger partial charge is 0.451 e. The van der Waals surface area contributed by atoms with Gasteiger partial charge in [0.05, 0.1) is 5.69 Å². The van der Waals surface area contributed by atoms with E-state index in [4.69, 9.17) is 4.42 Å². The van der Waals surface area contributed by atoms with Gasteiger partial charge in [0.2, 0.25) is 0 Å². The van der Waals surface area contributed by atoms with E-state index in [-0.39, 0.29) is 0 Å². The third-order valence-electron chi connectivity index (χ3n) is 1.37. The molecule has 0 atom stereocenters. The molecule has 0 radical (unpaired) electrons. The van der Waals surface area contributed by atoms with E-state index >= 15 is 0 Å². The average Bonchev–Trinajstić information content (AvgIpc) is 2.69. The number of thioether (sulfide) groups is 1. The zero-order chi connectivity index (χ0) is 8.93. The zero-order valence-electron chi connectivity index (χ0n) is 6.75. The lowest BCUT2D eigenvalue weighted by Gasteiger charge is -1.94. The van der Waals surface area contributed by atoms with E-state index in [1.165, 1.54) is 18.2 Å². The Balaban J connectivity index is 1.94. The van der Waals surface area contributed by atoms with Crippen LogP contribution in [-0.2, 0) is 5.75 Å². The molecule has 2 aromatic rings. The van der Waals surface area contributed by atoms with Crippen LogP contribution >= 0.6 is 11.8 Å². The first-order chi connectivity index (χ1) is 6.45. The maximum absolute atomic E-state index is 4.84. The van der Waals surface area contributed by atoms with E-state index in [1.807, 2.05) is 0 Å².